The van der Waals surface area contributed by atoms with Crippen molar-refractivity contribution in [3.63, 3.8) is 0 Å². The van der Waals surface area contributed by atoms with Crippen LogP contribution in [-0.4, -0.2) is 10.7 Å². The van der Waals surface area contributed by atoms with Gasteiger partial charge in [-0.3, -0.25) is 0 Å². The zero-order valence-electron chi connectivity index (χ0n) is 10.7. The summed E-state index contributed by atoms with van der Waals surface area (Å²) < 4.78 is 1.11. The average molecular weight is 315 g/mol. The van der Waals surface area contributed by atoms with E-state index in [-0.39, 0.29) is 5.54 Å². The Balaban J connectivity index is 2.65. The molecule has 4 heteroatoms. The third kappa shape index (κ3) is 4.64. The molecule has 17 heavy (non-hydrogen) atoms. The van der Waals surface area contributed by atoms with E-state index >= 15 is 0 Å². The van der Waals surface area contributed by atoms with Crippen LogP contribution in [0.25, 0.3) is 0 Å². The second kappa shape index (κ2) is 5.83. The molecule has 0 bridgehead atoms. The minimum Gasteiger partial charge on any atom is -0.358 e. The van der Waals surface area contributed by atoms with Crippen LogP contribution < -0.4 is 10.6 Å². The van der Waals surface area contributed by atoms with Gasteiger partial charge in [0.05, 0.1) is 0 Å². The Hall–Kier alpha value is -0.610. The summed E-state index contributed by atoms with van der Waals surface area (Å²) in [7, 11) is 0. The van der Waals surface area contributed by atoms with Crippen molar-refractivity contribution in [2.24, 2.45) is 0 Å². The molecular formula is C13H19BrN2S. The maximum atomic E-state index is 5.29. The molecule has 0 fully saturated rings. The second-order valence-electron chi connectivity index (χ2n) is 4.78. The molecule has 0 saturated carbocycles. The van der Waals surface area contributed by atoms with Crippen molar-refractivity contribution in [3.05, 3.63) is 28.2 Å². The number of hydrogen-bond acceptors (Lipinski definition) is 1. The van der Waals surface area contributed by atoms with Gasteiger partial charge in [0, 0.05) is 15.7 Å². The zero-order valence-corrected chi connectivity index (χ0v) is 13.1. The van der Waals surface area contributed by atoms with Gasteiger partial charge in [0.25, 0.3) is 0 Å². The summed E-state index contributed by atoms with van der Waals surface area (Å²) in [5, 5.41) is 7.16. The molecule has 1 aromatic rings. The standard InChI is InChI=1S/C13H19BrN2S/c1-5-13(3,4)16-12(17)15-10-6-7-11(14)9(2)8-10/h6-8H,5H2,1-4H3,(H2,15,16,17). The molecule has 0 spiro atoms. The van der Waals surface area contributed by atoms with Crippen molar-refractivity contribution in [2.45, 2.75) is 39.7 Å². The predicted octanol–water partition coefficient (Wildman–Crippen LogP) is 4.23. The van der Waals surface area contributed by atoms with Gasteiger partial charge in [-0.05, 0) is 63.2 Å². The molecule has 0 aliphatic rings. The highest BCUT2D eigenvalue weighted by molar-refractivity contribution is 9.10. The Labute approximate surface area is 117 Å². The molecule has 0 heterocycles. The maximum absolute atomic E-state index is 5.29. The molecule has 0 aliphatic heterocycles. The Morgan fingerprint density at radius 2 is 2.06 bits per heavy atom. The Morgan fingerprint density at radius 3 is 2.59 bits per heavy atom. The van der Waals surface area contributed by atoms with Crippen molar-refractivity contribution in [2.75, 3.05) is 5.32 Å². The van der Waals surface area contributed by atoms with E-state index in [0.717, 1.165) is 16.6 Å². The number of rotatable bonds is 3. The van der Waals surface area contributed by atoms with Crippen molar-refractivity contribution in [3.8, 4) is 0 Å². The van der Waals surface area contributed by atoms with Gasteiger partial charge in [0.15, 0.2) is 5.11 Å². The Kier molecular flexibility index (Phi) is 4.95. The highest BCUT2D eigenvalue weighted by Gasteiger charge is 2.15. The molecule has 0 amide bonds. The van der Waals surface area contributed by atoms with Crippen LogP contribution in [0.5, 0.6) is 0 Å². The molecule has 0 aliphatic carbocycles. The quantitative estimate of drug-likeness (QED) is 0.816. The summed E-state index contributed by atoms with van der Waals surface area (Å²) in [6.07, 6.45) is 1.02. The van der Waals surface area contributed by atoms with Gasteiger partial charge in [-0.15, -0.1) is 0 Å². The lowest BCUT2D eigenvalue weighted by molar-refractivity contribution is 0.448. The molecule has 0 saturated heterocycles. The van der Waals surface area contributed by atoms with E-state index < -0.39 is 0 Å². The number of anilines is 1. The first-order valence-corrected chi connectivity index (χ1v) is 6.89. The first-order valence-electron chi connectivity index (χ1n) is 5.69. The number of benzene rings is 1. The predicted molar refractivity (Wildman–Crippen MR) is 82.6 cm³/mol. The fourth-order valence-electron chi connectivity index (χ4n) is 1.28. The Bertz CT molecular complexity index is 416. The highest BCUT2D eigenvalue weighted by Crippen LogP contribution is 2.20. The van der Waals surface area contributed by atoms with E-state index in [9.17, 15) is 0 Å². The Morgan fingerprint density at radius 1 is 1.41 bits per heavy atom. The van der Waals surface area contributed by atoms with Crippen LogP contribution in [0.1, 0.15) is 32.8 Å². The third-order valence-corrected chi connectivity index (χ3v) is 3.85. The van der Waals surface area contributed by atoms with E-state index in [2.05, 4.69) is 60.3 Å². The molecule has 0 radical (unpaired) electrons. The second-order valence-corrected chi connectivity index (χ2v) is 6.04. The summed E-state index contributed by atoms with van der Waals surface area (Å²) in [5.41, 5.74) is 2.22. The smallest absolute Gasteiger partial charge is 0.171 e. The molecule has 0 unspecified atom stereocenters. The van der Waals surface area contributed by atoms with Crippen molar-refractivity contribution >= 4 is 38.9 Å². The summed E-state index contributed by atoms with van der Waals surface area (Å²) in [5.74, 6) is 0. The summed E-state index contributed by atoms with van der Waals surface area (Å²) in [6.45, 7) is 8.46. The fourth-order valence-corrected chi connectivity index (χ4v) is 1.92. The lowest BCUT2D eigenvalue weighted by Crippen LogP contribution is -2.44. The lowest BCUT2D eigenvalue weighted by Gasteiger charge is -2.26. The van der Waals surface area contributed by atoms with Gasteiger partial charge < -0.3 is 10.6 Å². The monoisotopic (exact) mass is 314 g/mol. The van der Waals surface area contributed by atoms with Crippen LogP contribution in [0.2, 0.25) is 0 Å². The van der Waals surface area contributed by atoms with Gasteiger partial charge in [-0.25, -0.2) is 0 Å². The third-order valence-electron chi connectivity index (χ3n) is 2.75. The number of halogens is 1. The minimum absolute atomic E-state index is 0.0223. The van der Waals surface area contributed by atoms with Crippen molar-refractivity contribution in [1.82, 2.24) is 5.32 Å². The van der Waals surface area contributed by atoms with E-state index in [1.807, 2.05) is 12.1 Å². The topological polar surface area (TPSA) is 24.1 Å². The highest BCUT2D eigenvalue weighted by atomic mass is 79.9. The van der Waals surface area contributed by atoms with E-state index in [1.54, 1.807) is 0 Å². The molecule has 0 aromatic heterocycles. The van der Waals surface area contributed by atoms with Crippen molar-refractivity contribution < 1.29 is 0 Å². The molecular weight excluding hydrogens is 296 g/mol. The summed E-state index contributed by atoms with van der Waals surface area (Å²) >= 11 is 8.77. The number of aryl methyl sites for hydroxylation is 1. The molecule has 1 aromatic carbocycles. The van der Waals surface area contributed by atoms with Gasteiger partial charge in [0.2, 0.25) is 0 Å². The molecule has 2 N–H and O–H groups in total. The summed E-state index contributed by atoms with van der Waals surface area (Å²) in [4.78, 5) is 0. The average Bonchev–Trinajstić information content (AvgIpc) is 2.23. The normalized spacial score (nSPS) is 11.1. The van der Waals surface area contributed by atoms with Crippen LogP contribution in [-0.2, 0) is 0 Å². The van der Waals surface area contributed by atoms with Crippen LogP contribution in [0.3, 0.4) is 0 Å². The van der Waals surface area contributed by atoms with Gasteiger partial charge in [-0.1, -0.05) is 22.9 Å². The number of nitrogens with one attached hydrogen (secondary N) is 2. The van der Waals surface area contributed by atoms with Crippen LogP contribution in [0.15, 0.2) is 22.7 Å². The van der Waals surface area contributed by atoms with Crippen LogP contribution in [0, 0.1) is 6.92 Å². The van der Waals surface area contributed by atoms with E-state index in [1.165, 1.54) is 5.56 Å². The number of thiocarbonyl (C=S) groups is 1. The summed E-state index contributed by atoms with van der Waals surface area (Å²) in [6, 6.07) is 6.09. The number of hydrogen-bond donors (Lipinski definition) is 2. The zero-order chi connectivity index (χ0) is 13.1. The SMILES string of the molecule is CCC(C)(C)NC(=S)Nc1ccc(Br)c(C)c1. The van der Waals surface area contributed by atoms with Crippen molar-refractivity contribution in [1.29, 1.82) is 0 Å². The van der Waals surface area contributed by atoms with Crippen LogP contribution in [0.4, 0.5) is 5.69 Å². The largest absolute Gasteiger partial charge is 0.358 e. The lowest BCUT2D eigenvalue weighted by atomic mass is 10.0. The van der Waals surface area contributed by atoms with E-state index in [0.29, 0.717) is 5.11 Å². The first-order chi connectivity index (χ1) is 7.84. The van der Waals surface area contributed by atoms with E-state index in [4.69, 9.17) is 12.2 Å². The van der Waals surface area contributed by atoms with Gasteiger partial charge in [-0.2, -0.15) is 0 Å². The first kappa shape index (κ1) is 14.5. The molecule has 0 atom stereocenters. The van der Waals surface area contributed by atoms with Gasteiger partial charge >= 0.3 is 0 Å². The van der Waals surface area contributed by atoms with Crippen LogP contribution >= 0.6 is 28.1 Å². The minimum atomic E-state index is 0.0223. The molecule has 2 nitrogen and oxygen atoms in total. The molecule has 94 valence electrons. The molecule has 1 rings (SSSR count). The fraction of sp³-hybridized carbons (Fsp3) is 0.462. The van der Waals surface area contributed by atoms with Gasteiger partial charge in [0.1, 0.15) is 0 Å². The maximum Gasteiger partial charge on any atom is 0.171 e.